The van der Waals surface area contributed by atoms with Crippen molar-refractivity contribution in [3.05, 3.63) is 74.7 Å². The minimum Gasteiger partial charge on any atom is -0.493 e. The number of amides is 1. The molecule has 174 valence electrons. The van der Waals surface area contributed by atoms with E-state index >= 15 is 0 Å². The van der Waals surface area contributed by atoms with Crippen LogP contribution in [0.1, 0.15) is 15.9 Å². The van der Waals surface area contributed by atoms with Crippen LogP contribution < -0.4 is 19.2 Å². The lowest BCUT2D eigenvalue weighted by Crippen LogP contribution is -2.25. The van der Waals surface area contributed by atoms with Gasteiger partial charge in [0.1, 0.15) is 0 Å². The van der Waals surface area contributed by atoms with Crippen LogP contribution in [0.15, 0.2) is 68.6 Å². The van der Waals surface area contributed by atoms with Crippen molar-refractivity contribution in [3.63, 3.8) is 0 Å². The highest BCUT2D eigenvalue weighted by Gasteiger charge is 2.22. The highest BCUT2D eigenvalue weighted by Crippen LogP contribution is 2.38. The van der Waals surface area contributed by atoms with Gasteiger partial charge >= 0.3 is 0 Å². The van der Waals surface area contributed by atoms with Crippen LogP contribution >= 0.6 is 43.2 Å². The third kappa shape index (κ3) is 5.08. The largest absolute Gasteiger partial charge is 0.493 e. The van der Waals surface area contributed by atoms with Gasteiger partial charge in [-0.3, -0.25) is 4.79 Å². The van der Waals surface area contributed by atoms with Crippen LogP contribution in [0.5, 0.6) is 17.2 Å². The average Bonchev–Trinajstić information content (AvgIpc) is 3.26. The van der Waals surface area contributed by atoms with Crippen molar-refractivity contribution in [2.75, 3.05) is 26.3 Å². The lowest BCUT2D eigenvalue weighted by atomic mass is 10.2. The van der Waals surface area contributed by atoms with E-state index in [4.69, 9.17) is 14.2 Å². The fourth-order valence-corrected chi connectivity index (χ4v) is 5.08. The quantitative estimate of drug-likeness (QED) is 0.177. The van der Waals surface area contributed by atoms with E-state index in [0.717, 1.165) is 19.2 Å². The number of ether oxygens (including phenoxy) is 3. The van der Waals surface area contributed by atoms with Crippen LogP contribution in [-0.4, -0.2) is 38.4 Å². The van der Waals surface area contributed by atoms with Gasteiger partial charge in [0.05, 0.1) is 37.8 Å². The number of nitrogens with zero attached hydrogens (tertiary/aromatic N) is 3. The number of hydrogen-bond acceptors (Lipinski definition) is 7. The molecule has 0 unspecified atom stereocenters. The minimum atomic E-state index is -0.317. The van der Waals surface area contributed by atoms with Crippen LogP contribution in [0, 0.1) is 0 Å². The number of carbonyl (C=O) groups excluding carboxylic acids is 1. The fourth-order valence-electron chi connectivity index (χ4n) is 3.21. The summed E-state index contributed by atoms with van der Waals surface area (Å²) in [5.41, 5.74) is 1.90. The monoisotopic (exact) mass is 603 g/mol. The molecule has 0 saturated carbocycles. The summed E-state index contributed by atoms with van der Waals surface area (Å²) < 4.78 is 18.9. The number of halogens is 2. The first-order valence-corrected chi connectivity index (χ1v) is 12.3. The number of aromatic nitrogens is 1. The van der Waals surface area contributed by atoms with Crippen molar-refractivity contribution in [2.24, 2.45) is 5.10 Å². The maximum Gasteiger partial charge on any atom is 0.280 e. The lowest BCUT2D eigenvalue weighted by Gasteiger charge is -2.15. The van der Waals surface area contributed by atoms with Gasteiger partial charge in [0.2, 0.25) is 10.9 Å². The molecule has 34 heavy (non-hydrogen) atoms. The Labute approximate surface area is 217 Å². The van der Waals surface area contributed by atoms with Gasteiger partial charge in [-0.05, 0) is 48.5 Å². The molecule has 4 rings (SSSR count). The zero-order chi connectivity index (χ0) is 24.2. The average molecular weight is 605 g/mol. The number of benzene rings is 3. The number of thiazole rings is 1. The van der Waals surface area contributed by atoms with Crippen LogP contribution in [0.2, 0.25) is 0 Å². The maximum absolute atomic E-state index is 13.5. The predicted octanol–water partition coefficient (Wildman–Crippen LogP) is 6.53. The molecule has 10 heteroatoms. The van der Waals surface area contributed by atoms with Crippen molar-refractivity contribution in [3.8, 4) is 17.2 Å². The molecule has 0 aliphatic heterocycles. The van der Waals surface area contributed by atoms with E-state index in [0.29, 0.717) is 33.5 Å². The molecule has 0 aliphatic rings. The number of hydrazone groups is 1. The topological polar surface area (TPSA) is 73.2 Å². The number of methoxy groups -OCH3 is 3. The highest BCUT2D eigenvalue weighted by molar-refractivity contribution is 9.10. The van der Waals surface area contributed by atoms with E-state index in [2.05, 4.69) is 41.9 Å². The second kappa shape index (κ2) is 10.5. The Morgan fingerprint density at radius 2 is 1.68 bits per heavy atom. The second-order valence-corrected chi connectivity index (χ2v) is 9.78. The van der Waals surface area contributed by atoms with E-state index in [1.54, 1.807) is 50.8 Å². The molecular weight excluding hydrogens is 586 g/mol. The van der Waals surface area contributed by atoms with Gasteiger partial charge in [0.25, 0.3) is 5.91 Å². The number of hydrogen-bond donors (Lipinski definition) is 0. The molecule has 1 amide bonds. The summed E-state index contributed by atoms with van der Waals surface area (Å²) in [6, 6.07) is 16.4. The van der Waals surface area contributed by atoms with Crippen molar-refractivity contribution in [1.82, 2.24) is 4.98 Å². The Hall–Kier alpha value is -2.95. The van der Waals surface area contributed by atoms with Gasteiger partial charge in [0, 0.05) is 20.1 Å². The Balaban J connectivity index is 1.79. The molecule has 1 aromatic heterocycles. The van der Waals surface area contributed by atoms with E-state index in [1.165, 1.54) is 23.5 Å². The third-order valence-electron chi connectivity index (χ3n) is 4.79. The number of anilines is 1. The molecule has 0 atom stereocenters. The van der Waals surface area contributed by atoms with Crippen molar-refractivity contribution in [2.45, 2.75) is 0 Å². The van der Waals surface area contributed by atoms with Gasteiger partial charge in [0.15, 0.2) is 11.5 Å². The first-order valence-electron chi connectivity index (χ1n) is 9.93. The van der Waals surface area contributed by atoms with E-state index in [-0.39, 0.29) is 5.91 Å². The second-order valence-electron chi connectivity index (χ2n) is 6.94. The normalized spacial score (nSPS) is 11.1. The van der Waals surface area contributed by atoms with E-state index < -0.39 is 0 Å². The Morgan fingerprint density at radius 1 is 0.971 bits per heavy atom. The molecule has 0 aliphatic carbocycles. The van der Waals surface area contributed by atoms with Crippen molar-refractivity contribution < 1.29 is 19.0 Å². The van der Waals surface area contributed by atoms with Gasteiger partial charge in [-0.2, -0.15) is 10.1 Å². The maximum atomic E-state index is 13.5. The summed E-state index contributed by atoms with van der Waals surface area (Å²) in [4.78, 5) is 18.1. The summed E-state index contributed by atoms with van der Waals surface area (Å²) in [7, 11) is 4.62. The number of fused-ring (bicyclic) bond motifs is 1. The highest BCUT2D eigenvalue weighted by atomic mass is 79.9. The van der Waals surface area contributed by atoms with E-state index in [1.807, 2.05) is 24.3 Å². The van der Waals surface area contributed by atoms with Crippen LogP contribution in [0.3, 0.4) is 0 Å². The van der Waals surface area contributed by atoms with Crippen molar-refractivity contribution >= 4 is 70.7 Å². The Kier molecular flexibility index (Phi) is 7.50. The van der Waals surface area contributed by atoms with Crippen molar-refractivity contribution in [1.29, 1.82) is 0 Å². The molecule has 0 spiro atoms. The zero-order valence-corrected chi connectivity index (χ0v) is 22.4. The molecule has 0 fully saturated rings. The standard InChI is InChI=1S/C24H19Br2N3O4S/c1-31-19-9-14(10-20(32-2)22(19)33-3)13-27-29(23(30)15-5-4-6-16(25)11-15)24-28-18-8-7-17(26)12-21(18)34-24/h4-13H,1-3H3/b27-13+. The smallest absolute Gasteiger partial charge is 0.280 e. The summed E-state index contributed by atoms with van der Waals surface area (Å²) in [5, 5.41) is 6.26. The molecule has 7 nitrogen and oxygen atoms in total. The molecule has 0 radical (unpaired) electrons. The molecule has 0 N–H and O–H groups in total. The molecular formula is C24H19Br2N3O4S. The lowest BCUT2D eigenvalue weighted by molar-refractivity contribution is 0.0988. The van der Waals surface area contributed by atoms with Crippen LogP contribution in [-0.2, 0) is 0 Å². The first-order chi connectivity index (χ1) is 16.4. The van der Waals surface area contributed by atoms with Crippen LogP contribution in [0.4, 0.5) is 5.13 Å². The first kappa shape index (κ1) is 24.2. The van der Waals surface area contributed by atoms with Gasteiger partial charge in [-0.1, -0.05) is 49.3 Å². The van der Waals surface area contributed by atoms with E-state index in [9.17, 15) is 4.79 Å². The number of rotatable bonds is 7. The summed E-state index contributed by atoms with van der Waals surface area (Å²) in [5.74, 6) is 1.13. The third-order valence-corrected chi connectivity index (χ3v) is 6.77. The Morgan fingerprint density at radius 3 is 2.32 bits per heavy atom. The number of carbonyl (C=O) groups is 1. The Bertz CT molecular complexity index is 1360. The summed E-state index contributed by atoms with van der Waals surface area (Å²) >= 11 is 8.28. The SMILES string of the molecule is COc1cc(/C=N/N(C(=O)c2cccc(Br)c2)c2nc3ccc(Br)cc3s2)cc(OC)c1OC. The molecule has 0 bridgehead atoms. The molecule has 0 saturated heterocycles. The zero-order valence-electron chi connectivity index (χ0n) is 18.4. The predicted molar refractivity (Wildman–Crippen MR) is 142 cm³/mol. The van der Waals surface area contributed by atoms with Crippen LogP contribution in [0.25, 0.3) is 10.2 Å². The fraction of sp³-hybridized carbons (Fsp3) is 0.125. The molecule has 4 aromatic rings. The molecule has 1 heterocycles. The summed E-state index contributed by atoms with van der Waals surface area (Å²) in [6.45, 7) is 0. The van der Waals surface area contributed by atoms with Gasteiger partial charge < -0.3 is 14.2 Å². The van der Waals surface area contributed by atoms with Gasteiger partial charge in [-0.25, -0.2) is 4.98 Å². The summed E-state index contributed by atoms with van der Waals surface area (Å²) in [6.07, 6.45) is 1.56. The molecule has 3 aromatic carbocycles. The minimum absolute atomic E-state index is 0.317. The van der Waals surface area contributed by atoms with Gasteiger partial charge in [-0.15, -0.1) is 0 Å².